The van der Waals surface area contributed by atoms with Crippen LogP contribution in [-0.4, -0.2) is 19.2 Å². The average molecular weight is 240 g/mol. The number of carbonyl (C=O) groups is 1. The van der Waals surface area contributed by atoms with E-state index < -0.39 is 5.97 Å². The summed E-state index contributed by atoms with van der Waals surface area (Å²) in [6.45, 7) is 2.72. The number of hydrogen-bond donors (Lipinski definition) is 2. The standard InChI is InChI=1S/C11H16N2O4/c1-2-15-9-4-3-5-10(8-9)16-7-6-11(14)17-13-12/h3-5,8,13H,2,6-7,12H2,1H3. The molecule has 6 nitrogen and oxygen atoms in total. The van der Waals surface area contributed by atoms with Crippen molar-refractivity contribution in [2.45, 2.75) is 13.3 Å². The third kappa shape index (κ3) is 5.19. The van der Waals surface area contributed by atoms with Crippen LogP contribution in [0.2, 0.25) is 0 Å². The first-order chi connectivity index (χ1) is 8.26. The van der Waals surface area contributed by atoms with Gasteiger partial charge in [0.05, 0.1) is 19.6 Å². The van der Waals surface area contributed by atoms with Gasteiger partial charge in [-0.15, -0.1) is 0 Å². The Balaban J connectivity index is 2.35. The lowest BCUT2D eigenvalue weighted by Crippen LogP contribution is -2.26. The summed E-state index contributed by atoms with van der Waals surface area (Å²) in [5.41, 5.74) is 1.82. The number of benzene rings is 1. The molecule has 0 aromatic heterocycles. The second-order valence-corrected chi connectivity index (χ2v) is 3.10. The van der Waals surface area contributed by atoms with Crippen LogP contribution in [0.5, 0.6) is 11.5 Å². The molecule has 0 aliphatic rings. The van der Waals surface area contributed by atoms with Crippen LogP contribution in [0.1, 0.15) is 13.3 Å². The number of carbonyl (C=O) groups excluding carboxylic acids is 1. The lowest BCUT2D eigenvalue weighted by Gasteiger charge is -2.08. The zero-order valence-corrected chi connectivity index (χ0v) is 9.64. The molecule has 94 valence electrons. The Kier molecular flexibility index (Phi) is 5.84. The Morgan fingerprint density at radius 3 is 2.71 bits per heavy atom. The van der Waals surface area contributed by atoms with Crippen molar-refractivity contribution in [3.05, 3.63) is 24.3 Å². The molecule has 0 spiro atoms. The van der Waals surface area contributed by atoms with Gasteiger partial charge in [0.15, 0.2) is 0 Å². The Morgan fingerprint density at radius 1 is 1.35 bits per heavy atom. The molecule has 1 rings (SSSR count). The van der Waals surface area contributed by atoms with Gasteiger partial charge in [-0.2, -0.15) is 0 Å². The smallest absolute Gasteiger partial charge is 0.329 e. The summed E-state index contributed by atoms with van der Waals surface area (Å²) in [5.74, 6) is 5.71. The van der Waals surface area contributed by atoms with E-state index in [9.17, 15) is 4.79 Å². The summed E-state index contributed by atoms with van der Waals surface area (Å²) in [6.07, 6.45) is 0.114. The fourth-order valence-electron chi connectivity index (χ4n) is 1.19. The number of rotatable bonds is 7. The van der Waals surface area contributed by atoms with Crippen molar-refractivity contribution in [3.63, 3.8) is 0 Å². The first-order valence-corrected chi connectivity index (χ1v) is 5.27. The summed E-state index contributed by atoms with van der Waals surface area (Å²) in [7, 11) is 0. The summed E-state index contributed by atoms with van der Waals surface area (Å²) in [4.78, 5) is 15.3. The van der Waals surface area contributed by atoms with E-state index in [0.717, 1.165) is 5.75 Å². The molecule has 0 atom stereocenters. The SMILES string of the molecule is CCOc1cccc(OCCC(=O)ONN)c1. The highest BCUT2D eigenvalue weighted by Crippen LogP contribution is 2.19. The van der Waals surface area contributed by atoms with Crippen molar-refractivity contribution in [2.75, 3.05) is 13.2 Å². The van der Waals surface area contributed by atoms with E-state index in [4.69, 9.17) is 15.3 Å². The van der Waals surface area contributed by atoms with Crippen molar-refractivity contribution < 1.29 is 19.1 Å². The van der Waals surface area contributed by atoms with E-state index in [0.29, 0.717) is 12.4 Å². The number of hydrazine groups is 1. The van der Waals surface area contributed by atoms with Crippen LogP contribution in [0.3, 0.4) is 0 Å². The molecule has 0 saturated carbocycles. The fourth-order valence-corrected chi connectivity index (χ4v) is 1.19. The maximum atomic E-state index is 10.9. The second kappa shape index (κ2) is 7.48. The van der Waals surface area contributed by atoms with Gasteiger partial charge in [-0.3, -0.25) is 4.79 Å². The van der Waals surface area contributed by atoms with Crippen LogP contribution >= 0.6 is 0 Å². The zero-order valence-electron chi connectivity index (χ0n) is 9.64. The minimum Gasteiger partial charge on any atom is -0.494 e. The summed E-state index contributed by atoms with van der Waals surface area (Å²) >= 11 is 0. The van der Waals surface area contributed by atoms with Gasteiger partial charge in [-0.25, -0.2) is 5.84 Å². The molecule has 17 heavy (non-hydrogen) atoms. The zero-order chi connectivity index (χ0) is 12.5. The Labute approximate surface area is 99.6 Å². The van der Waals surface area contributed by atoms with E-state index in [1.807, 2.05) is 24.6 Å². The molecular formula is C11H16N2O4. The third-order valence-corrected chi connectivity index (χ3v) is 1.86. The van der Waals surface area contributed by atoms with Crippen molar-refractivity contribution in [1.29, 1.82) is 0 Å². The molecule has 0 unspecified atom stereocenters. The van der Waals surface area contributed by atoms with E-state index in [1.165, 1.54) is 0 Å². The Hall–Kier alpha value is -1.79. The van der Waals surface area contributed by atoms with Gasteiger partial charge in [0.25, 0.3) is 0 Å². The Bertz CT molecular complexity index is 357. The second-order valence-electron chi connectivity index (χ2n) is 3.10. The van der Waals surface area contributed by atoms with Crippen LogP contribution in [0.15, 0.2) is 24.3 Å². The van der Waals surface area contributed by atoms with Gasteiger partial charge in [-0.05, 0) is 19.1 Å². The van der Waals surface area contributed by atoms with Crippen LogP contribution in [-0.2, 0) is 9.63 Å². The number of hydrogen-bond acceptors (Lipinski definition) is 6. The molecule has 6 heteroatoms. The predicted octanol–water partition coefficient (Wildman–Crippen LogP) is 0.776. The highest BCUT2D eigenvalue weighted by molar-refractivity contribution is 5.69. The van der Waals surface area contributed by atoms with E-state index in [-0.39, 0.29) is 13.0 Å². The first kappa shape index (κ1) is 13.3. The van der Waals surface area contributed by atoms with Gasteiger partial charge in [-0.1, -0.05) is 11.7 Å². The molecule has 0 bridgehead atoms. The Morgan fingerprint density at radius 2 is 2.06 bits per heavy atom. The highest BCUT2D eigenvalue weighted by atomic mass is 16.7. The summed E-state index contributed by atoms with van der Waals surface area (Å²) in [5, 5.41) is 0. The van der Waals surface area contributed by atoms with Crippen LogP contribution < -0.4 is 20.9 Å². The normalized spacial score (nSPS) is 9.76. The molecule has 0 aliphatic heterocycles. The fraction of sp³-hybridized carbons (Fsp3) is 0.364. The molecule has 0 fully saturated rings. The average Bonchev–Trinajstić information content (AvgIpc) is 2.30. The van der Waals surface area contributed by atoms with Crippen molar-refractivity contribution in [1.82, 2.24) is 5.59 Å². The van der Waals surface area contributed by atoms with Gasteiger partial charge < -0.3 is 14.3 Å². The first-order valence-electron chi connectivity index (χ1n) is 5.27. The molecule has 1 aromatic carbocycles. The lowest BCUT2D eigenvalue weighted by molar-refractivity contribution is -0.151. The quantitative estimate of drug-likeness (QED) is 0.541. The molecule has 0 saturated heterocycles. The van der Waals surface area contributed by atoms with Gasteiger partial charge in [0.2, 0.25) is 0 Å². The minimum absolute atomic E-state index is 0.114. The van der Waals surface area contributed by atoms with Crippen LogP contribution in [0.25, 0.3) is 0 Å². The maximum absolute atomic E-state index is 10.9. The predicted molar refractivity (Wildman–Crippen MR) is 61.1 cm³/mol. The third-order valence-electron chi connectivity index (χ3n) is 1.86. The molecule has 1 aromatic rings. The molecule has 0 amide bonds. The van der Waals surface area contributed by atoms with Crippen molar-refractivity contribution in [3.8, 4) is 11.5 Å². The maximum Gasteiger partial charge on any atom is 0.329 e. The summed E-state index contributed by atoms with van der Waals surface area (Å²) < 4.78 is 10.7. The van der Waals surface area contributed by atoms with Gasteiger partial charge in [0, 0.05) is 6.07 Å². The molecule has 0 aliphatic carbocycles. The topological polar surface area (TPSA) is 82.8 Å². The molecule has 0 radical (unpaired) electrons. The summed E-state index contributed by atoms with van der Waals surface area (Å²) in [6, 6.07) is 7.20. The largest absolute Gasteiger partial charge is 0.494 e. The lowest BCUT2D eigenvalue weighted by atomic mass is 10.3. The molecule has 3 N–H and O–H groups in total. The molecular weight excluding hydrogens is 224 g/mol. The van der Waals surface area contributed by atoms with Crippen LogP contribution in [0.4, 0.5) is 0 Å². The van der Waals surface area contributed by atoms with E-state index in [1.54, 1.807) is 12.1 Å². The van der Waals surface area contributed by atoms with Gasteiger partial charge in [0.1, 0.15) is 11.5 Å². The monoisotopic (exact) mass is 240 g/mol. The number of nitrogens with one attached hydrogen (secondary N) is 1. The van der Waals surface area contributed by atoms with Crippen molar-refractivity contribution >= 4 is 5.97 Å². The van der Waals surface area contributed by atoms with Crippen molar-refractivity contribution in [2.24, 2.45) is 5.84 Å². The number of ether oxygens (including phenoxy) is 2. The van der Waals surface area contributed by atoms with Gasteiger partial charge >= 0.3 is 5.97 Å². The van der Waals surface area contributed by atoms with Crippen LogP contribution in [0, 0.1) is 0 Å². The highest BCUT2D eigenvalue weighted by Gasteiger charge is 2.03. The van der Waals surface area contributed by atoms with E-state index in [2.05, 4.69) is 4.84 Å². The minimum atomic E-state index is -0.478. The van der Waals surface area contributed by atoms with E-state index >= 15 is 0 Å². The number of nitrogens with two attached hydrogens (primary N) is 1. The molecule has 0 heterocycles.